The molecule has 4 nitrogen and oxygen atoms in total. The largest absolute Gasteiger partial charge is 0.476 e. The molecule has 0 saturated carbocycles. The standard InChI is InChI=1S/C16H20BrN3O/c1-10(2)9-21-16-14(18)6-7-15(20-16)19-12-5-4-11(3)13(17)8-12/h4-8,10H,9,18H2,1-3H3,(H,19,20). The number of aryl methyl sites for hydroxylation is 1. The van der Waals surface area contributed by atoms with Gasteiger partial charge in [-0.1, -0.05) is 35.8 Å². The van der Waals surface area contributed by atoms with E-state index in [-0.39, 0.29) is 0 Å². The maximum atomic E-state index is 5.89. The van der Waals surface area contributed by atoms with E-state index < -0.39 is 0 Å². The second-order valence-corrected chi connectivity index (χ2v) is 6.24. The molecule has 0 aliphatic rings. The Balaban J connectivity index is 2.16. The Hall–Kier alpha value is -1.75. The average molecular weight is 350 g/mol. The van der Waals surface area contributed by atoms with Crippen LogP contribution in [-0.4, -0.2) is 11.6 Å². The zero-order valence-electron chi connectivity index (χ0n) is 12.5. The number of hydrogen-bond acceptors (Lipinski definition) is 4. The first-order chi connectivity index (χ1) is 9.95. The van der Waals surface area contributed by atoms with Gasteiger partial charge in [0.1, 0.15) is 5.82 Å². The molecule has 0 fully saturated rings. The molecule has 0 bridgehead atoms. The zero-order valence-corrected chi connectivity index (χ0v) is 14.1. The van der Waals surface area contributed by atoms with Gasteiger partial charge in [0.2, 0.25) is 5.88 Å². The highest BCUT2D eigenvalue weighted by molar-refractivity contribution is 9.10. The minimum atomic E-state index is 0.427. The Morgan fingerprint density at radius 1 is 1.29 bits per heavy atom. The van der Waals surface area contributed by atoms with Crippen molar-refractivity contribution in [2.45, 2.75) is 20.8 Å². The monoisotopic (exact) mass is 349 g/mol. The van der Waals surface area contributed by atoms with Crippen LogP contribution in [0.4, 0.5) is 17.2 Å². The van der Waals surface area contributed by atoms with Gasteiger partial charge in [-0.25, -0.2) is 0 Å². The summed E-state index contributed by atoms with van der Waals surface area (Å²) in [6, 6.07) is 9.70. The molecule has 5 heteroatoms. The summed E-state index contributed by atoms with van der Waals surface area (Å²) >= 11 is 3.52. The Labute approximate surface area is 133 Å². The van der Waals surface area contributed by atoms with Crippen LogP contribution in [0.5, 0.6) is 5.88 Å². The number of pyridine rings is 1. The molecule has 0 spiro atoms. The van der Waals surface area contributed by atoms with Gasteiger partial charge in [0.05, 0.1) is 12.3 Å². The molecule has 0 atom stereocenters. The predicted molar refractivity (Wildman–Crippen MR) is 91.1 cm³/mol. The quantitative estimate of drug-likeness (QED) is 0.833. The van der Waals surface area contributed by atoms with Crippen LogP contribution in [0, 0.1) is 12.8 Å². The van der Waals surface area contributed by atoms with E-state index in [1.807, 2.05) is 31.2 Å². The summed E-state index contributed by atoms with van der Waals surface area (Å²) < 4.78 is 6.69. The minimum absolute atomic E-state index is 0.427. The molecule has 0 amide bonds. The van der Waals surface area contributed by atoms with Gasteiger partial charge in [-0.05, 0) is 42.7 Å². The lowest BCUT2D eigenvalue weighted by atomic mass is 10.2. The molecule has 0 aliphatic heterocycles. The molecule has 0 aliphatic carbocycles. The number of anilines is 3. The van der Waals surface area contributed by atoms with Crippen LogP contribution >= 0.6 is 15.9 Å². The van der Waals surface area contributed by atoms with E-state index in [0.717, 1.165) is 10.2 Å². The summed E-state index contributed by atoms with van der Waals surface area (Å²) in [6.07, 6.45) is 0. The molecule has 1 aromatic heterocycles. The second kappa shape index (κ2) is 6.80. The molecule has 0 unspecified atom stereocenters. The van der Waals surface area contributed by atoms with E-state index in [9.17, 15) is 0 Å². The lowest BCUT2D eigenvalue weighted by Crippen LogP contribution is -2.08. The van der Waals surface area contributed by atoms with Gasteiger partial charge >= 0.3 is 0 Å². The number of nitrogen functional groups attached to an aromatic ring is 1. The van der Waals surface area contributed by atoms with Crippen molar-refractivity contribution >= 4 is 33.1 Å². The number of halogens is 1. The van der Waals surface area contributed by atoms with Gasteiger partial charge in [-0.2, -0.15) is 4.98 Å². The van der Waals surface area contributed by atoms with Crippen molar-refractivity contribution < 1.29 is 4.74 Å². The Morgan fingerprint density at radius 3 is 2.71 bits per heavy atom. The van der Waals surface area contributed by atoms with E-state index in [1.165, 1.54) is 5.56 Å². The number of ether oxygens (including phenoxy) is 1. The highest BCUT2D eigenvalue weighted by Crippen LogP contribution is 2.26. The first-order valence-electron chi connectivity index (χ1n) is 6.88. The maximum absolute atomic E-state index is 5.89. The number of hydrogen-bond donors (Lipinski definition) is 2. The predicted octanol–water partition coefficient (Wildman–Crippen LogP) is 4.51. The van der Waals surface area contributed by atoms with Crippen molar-refractivity contribution in [3.63, 3.8) is 0 Å². The number of aromatic nitrogens is 1. The van der Waals surface area contributed by atoms with Crippen molar-refractivity contribution in [1.29, 1.82) is 0 Å². The molecule has 21 heavy (non-hydrogen) atoms. The SMILES string of the molecule is Cc1ccc(Nc2ccc(N)c(OCC(C)C)n2)cc1Br. The minimum Gasteiger partial charge on any atom is -0.476 e. The lowest BCUT2D eigenvalue weighted by Gasteiger charge is -2.12. The highest BCUT2D eigenvalue weighted by atomic mass is 79.9. The maximum Gasteiger partial charge on any atom is 0.239 e. The van der Waals surface area contributed by atoms with E-state index in [2.05, 4.69) is 40.1 Å². The summed E-state index contributed by atoms with van der Waals surface area (Å²) in [6.45, 7) is 6.81. The third-order valence-electron chi connectivity index (χ3n) is 2.89. The van der Waals surface area contributed by atoms with Crippen molar-refractivity contribution in [3.05, 3.63) is 40.4 Å². The molecule has 0 radical (unpaired) electrons. The van der Waals surface area contributed by atoms with E-state index in [0.29, 0.717) is 29.9 Å². The Morgan fingerprint density at radius 2 is 2.05 bits per heavy atom. The molecule has 0 saturated heterocycles. The Bertz CT molecular complexity index is 629. The first kappa shape index (κ1) is 15.6. The molecular formula is C16H20BrN3O. The summed E-state index contributed by atoms with van der Waals surface area (Å²) in [5, 5.41) is 3.25. The third-order valence-corrected chi connectivity index (χ3v) is 3.74. The molecule has 112 valence electrons. The first-order valence-corrected chi connectivity index (χ1v) is 7.67. The van der Waals surface area contributed by atoms with E-state index in [4.69, 9.17) is 10.5 Å². The van der Waals surface area contributed by atoms with Gasteiger partial charge in [0.15, 0.2) is 0 Å². The zero-order chi connectivity index (χ0) is 15.4. The van der Waals surface area contributed by atoms with Crippen LogP contribution in [0.3, 0.4) is 0 Å². The van der Waals surface area contributed by atoms with Gasteiger partial charge in [0, 0.05) is 10.2 Å². The van der Waals surface area contributed by atoms with Crippen LogP contribution in [0.2, 0.25) is 0 Å². The second-order valence-electron chi connectivity index (χ2n) is 5.38. The molecule has 2 aromatic rings. The summed E-state index contributed by atoms with van der Waals surface area (Å²) in [4.78, 5) is 4.42. The van der Waals surface area contributed by atoms with Gasteiger partial charge in [0.25, 0.3) is 0 Å². The van der Waals surface area contributed by atoms with Crippen LogP contribution < -0.4 is 15.8 Å². The van der Waals surface area contributed by atoms with Crippen molar-refractivity contribution in [2.24, 2.45) is 5.92 Å². The van der Waals surface area contributed by atoms with Crippen molar-refractivity contribution in [1.82, 2.24) is 4.98 Å². The van der Waals surface area contributed by atoms with Crippen LogP contribution in [0.15, 0.2) is 34.8 Å². The summed E-state index contributed by atoms with van der Waals surface area (Å²) in [5.74, 6) is 1.61. The fraction of sp³-hybridized carbons (Fsp3) is 0.312. The fourth-order valence-electron chi connectivity index (χ4n) is 1.70. The number of nitrogens with two attached hydrogens (primary N) is 1. The highest BCUT2D eigenvalue weighted by Gasteiger charge is 2.06. The van der Waals surface area contributed by atoms with Gasteiger partial charge in [-0.3, -0.25) is 0 Å². The van der Waals surface area contributed by atoms with Crippen molar-refractivity contribution in [2.75, 3.05) is 17.7 Å². The fourth-order valence-corrected chi connectivity index (χ4v) is 2.08. The molecular weight excluding hydrogens is 330 g/mol. The summed E-state index contributed by atoms with van der Waals surface area (Å²) in [7, 11) is 0. The number of benzene rings is 1. The molecule has 3 N–H and O–H groups in total. The van der Waals surface area contributed by atoms with Crippen LogP contribution in [-0.2, 0) is 0 Å². The average Bonchev–Trinajstić information content (AvgIpc) is 2.43. The van der Waals surface area contributed by atoms with Crippen molar-refractivity contribution in [3.8, 4) is 5.88 Å². The van der Waals surface area contributed by atoms with Gasteiger partial charge < -0.3 is 15.8 Å². The third kappa shape index (κ3) is 4.36. The van der Waals surface area contributed by atoms with Crippen LogP contribution in [0.25, 0.3) is 0 Å². The lowest BCUT2D eigenvalue weighted by molar-refractivity contribution is 0.263. The number of rotatable bonds is 5. The summed E-state index contributed by atoms with van der Waals surface area (Å²) in [5.41, 5.74) is 8.58. The molecule has 2 rings (SSSR count). The Kier molecular flexibility index (Phi) is 5.07. The van der Waals surface area contributed by atoms with Gasteiger partial charge in [-0.15, -0.1) is 0 Å². The normalized spacial score (nSPS) is 10.7. The smallest absolute Gasteiger partial charge is 0.239 e. The van der Waals surface area contributed by atoms with E-state index >= 15 is 0 Å². The topological polar surface area (TPSA) is 60.2 Å². The number of nitrogens with zero attached hydrogens (tertiary/aromatic N) is 1. The molecule has 1 aromatic carbocycles. The molecule has 1 heterocycles. The van der Waals surface area contributed by atoms with Crippen LogP contribution in [0.1, 0.15) is 19.4 Å². The van der Waals surface area contributed by atoms with E-state index in [1.54, 1.807) is 6.07 Å². The number of nitrogens with one attached hydrogen (secondary N) is 1.